The lowest BCUT2D eigenvalue weighted by Gasteiger charge is -2.22. The second-order valence-electron chi connectivity index (χ2n) is 3.87. The van der Waals surface area contributed by atoms with Crippen LogP contribution in [0.15, 0.2) is 12.4 Å². The number of aromatic nitrogens is 3. The monoisotopic (exact) mass is 238 g/mol. The maximum Gasteiger partial charge on any atom is 0.328 e. The fourth-order valence-electron chi connectivity index (χ4n) is 1.99. The van der Waals surface area contributed by atoms with Gasteiger partial charge in [-0.05, 0) is 12.8 Å². The molecule has 7 heteroatoms. The van der Waals surface area contributed by atoms with Crippen LogP contribution in [0.3, 0.4) is 0 Å². The molecule has 2 heterocycles. The molecule has 0 aromatic carbocycles. The number of likely N-dealkylation sites (tertiary alicyclic amines) is 1. The van der Waals surface area contributed by atoms with Crippen molar-refractivity contribution in [2.75, 3.05) is 13.7 Å². The Morgan fingerprint density at radius 1 is 1.53 bits per heavy atom. The van der Waals surface area contributed by atoms with Crippen LogP contribution in [-0.2, 0) is 20.9 Å². The summed E-state index contributed by atoms with van der Waals surface area (Å²) in [5.41, 5.74) is 0. The van der Waals surface area contributed by atoms with Gasteiger partial charge in [0.1, 0.15) is 12.6 Å². The number of rotatable bonds is 3. The van der Waals surface area contributed by atoms with E-state index in [9.17, 15) is 9.59 Å². The minimum absolute atomic E-state index is 0.105. The van der Waals surface area contributed by atoms with Gasteiger partial charge in [0.05, 0.1) is 13.3 Å². The summed E-state index contributed by atoms with van der Waals surface area (Å²) in [7, 11) is 1.33. The van der Waals surface area contributed by atoms with Gasteiger partial charge in [-0.25, -0.2) is 9.48 Å². The molecule has 1 saturated heterocycles. The molecule has 0 aliphatic carbocycles. The van der Waals surface area contributed by atoms with E-state index < -0.39 is 6.04 Å². The molecule has 0 spiro atoms. The fraction of sp³-hybridized carbons (Fsp3) is 0.600. The minimum atomic E-state index is -0.448. The van der Waals surface area contributed by atoms with E-state index >= 15 is 0 Å². The maximum absolute atomic E-state index is 12.0. The number of carbonyl (C=O) groups is 2. The molecule has 1 fully saturated rings. The van der Waals surface area contributed by atoms with Gasteiger partial charge in [-0.1, -0.05) is 5.21 Å². The predicted molar refractivity (Wildman–Crippen MR) is 56.8 cm³/mol. The summed E-state index contributed by atoms with van der Waals surface area (Å²) in [5, 5.41) is 7.34. The lowest BCUT2D eigenvalue weighted by molar-refractivity contribution is -0.151. The Morgan fingerprint density at radius 2 is 2.35 bits per heavy atom. The van der Waals surface area contributed by atoms with Crippen LogP contribution in [0.2, 0.25) is 0 Å². The lowest BCUT2D eigenvalue weighted by Crippen LogP contribution is -2.42. The first kappa shape index (κ1) is 11.6. The van der Waals surface area contributed by atoms with Crippen LogP contribution in [0.4, 0.5) is 0 Å². The summed E-state index contributed by atoms with van der Waals surface area (Å²) < 4.78 is 6.12. The van der Waals surface area contributed by atoms with Crippen LogP contribution in [0.1, 0.15) is 12.8 Å². The third kappa shape index (κ3) is 2.43. The highest BCUT2D eigenvalue weighted by atomic mass is 16.5. The van der Waals surface area contributed by atoms with Crippen molar-refractivity contribution in [1.82, 2.24) is 19.9 Å². The number of esters is 1. The molecule has 0 N–H and O–H groups in total. The smallest absolute Gasteiger partial charge is 0.328 e. The quantitative estimate of drug-likeness (QED) is 0.660. The highest BCUT2D eigenvalue weighted by Gasteiger charge is 2.34. The van der Waals surface area contributed by atoms with E-state index in [2.05, 4.69) is 15.0 Å². The average molecular weight is 238 g/mol. The lowest BCUT2D eigenvalue weighted by atomic mass is 10.2. The van der Waals surface area contributed by atoms with Crippen molar-refractivity contribution in [2.24, 2.45) is 0 Å². The number of hydrogen-bond donors (Lipinski definition) is 0. The summed E-state index contributed by atoms with van der Waals surface area (Å²) in [5.74, 6) is -0.488. The molecule has 1 unspecified atom stereocenters. The Morgan fingerprint density at radius 3 is 3.00 bits per heavy atom. The van der Waals surface area contributed by atoms with Crippen molar-refractivity contribution < 1.29 is 14.3 Å². The van der Waals surface area contributed by atoms with Crippen LogP contribution in [-0.4, -0.2) is 51.5 Å². The summed E-state index contributed by atoms with van der Waals surface area (Å²) in [6, 6.07) is -0.448. The number of carbonyl (C=O) groups excluding carboxylic acids is 2. The maximum atomic E-state index is 12.0. The number of hydrogen-bond acceptors (Lipinski definition) is 5. The SMILES string of the molecule is COC(=O)C1CCCN1C(=O)Cn1ccnn1. The van der Waals surface area contributed by atoms with Gasteiger partial charge in [-0.3, -0.25) is 4.79 Å². The molecule has 1 aliphatic heterocycles. The van der Waals surface area contributed by atoms with E-state index in [1.54, 1.807) is 11.1 Å². The van der Waals surface area contributed by atoms with Gasteiger partial charge in [0, 0.05) is 12.7 Å². The summed E-state index contributed by atoms with van der Waals surface area (Å²) in [4.78, 5) is 25.0. The van der Waals surface area contributed by atoms with E-state index in [4.69, 9.17) is 0 Å². The molecule has 1 aliphatic rings. The molecule has 2 rings (SSSR count). The van der Waals surface area contributed by atoms with Gasteiger partial charge in [-0.15, -0.1) is 5.10 Å². The van der Waals surface area contributed by atoms with Crippen LogP contribution >= 0.6 is 0 Å². The molecular formula is C10H14N4O3. The fourth-order valence-corrected chi connectivity index (χ4v) is 1.99. The molecule has 1 aromatic rings. The Hall–Kier alpha value is -1.92. The largest absolute Gasteiger partial charge is 0.467 e. The highest BCUT2D eigenvalue weighted by molar-refractivity contribution is 5.85. The molecule has 1 atom stereocenters. The van der Waals surface area contributed by atoms with Gasteiger partial charge >= 0.3 is 5.97 Å². The molecule has 1 aromatic heterocycles. The second-order valence-corrected chi connectivity index (χ2v) is 3.87. The number of methoxy groups -OCH3 is 1. The third-order valence-corrected chi connectivity index (χ3v) is 2.82. The number of amides is 1. The number of ether oxygens (including phenoxy) is 1. The van der Waals surface area contributed by atoms with Crippen LogP contribution < -0.4 is 0 Å². The Labute approximate surface area is 98.3 Å². The van der Waals surface area contributed by atoms with Gasteiger partial charge in [-0.2, -0.15) is 0 Å². The van der Waals surface area contributed by atoms with E-state index in [1.807, 2.05) is 0 Å². The highest BCUT2D eigenvalue weighted by Crippen LogP contribution is 2.18. The minimum Gasteiger partial charge on any atom is -0.467 e. The molecule has 17 heavy (non-hydrogen) atoms. The molecule has 0 bridgehead atoms. The van der Waals surface area contributed by atoms with E-state index in [0.29, 0.717) is 13.0 Å². The molecule has 92 valence electrons. The standard InChI is InChI=1S/C10H14N4O3/c1-17-10(16)8-3-2-5-14(8)9(15)7-13-6-4-11-12-13/h4,6,8H,2-3,5,7H2,1H3. The van der Waals surface area contributed by atoms with Crippen molar-refractivity contribution in [3.8, 4) is 0 Å². The van der Waals surface area contributed by atoms with Crippen molar-refractivity contribution in [2.45, 2.75) is 25.4 Å². The van der Waals surface area contributed by atoms with Crippen LogP contribution in [0.5, 0.6) is 0 Å². The Balaban J connectivity index is 2.01. The molecule has 0 radical (unpaired) electrons. The van der Waals surface area contributed by atoms with E-state index in [-0.39, 0.29) is 18.4 Å². The summed E-state index contributed by atoms with van der Waals surface area (Å²) in [6.45, 7) is 0.695. The topological polar surface area (TPSA) is 77.3 Å². The summed E-state index contributed by atoms with van der Waals surface area (Å²) in [6.07, 6.45) is 4.61. The van der Waals surface area contributed by atoms with Gasteiger partial charge < -0.3 is 9.64 Å². The van der Waals surface area contributed by atoms with E-state index in [1.165, 1.54) is 18.0 Å². The summed E-state index contributed by atoms with van der Waals surface area (Å²) >= 11 is 0. The molecule has 7 nitrogen and oxygen atoms in total. The zero-order chi connectivity index (χ0) is 12.3. The first-order valence-electron chi connectivity index (χ1n) is 5.44. The first-order valence-corrected chi connectivity index (χ1v) is 5.44. The predicted octanol–water partition coefficient (Wildman–Crippen LogP) is -0.558. The van der Waals surface area contributed by atoms with Crippen molar-refractivity contribution in [3.05, 3.63) is 12.4 Å². The molecule has 1 amide bonds. The second kappa shape index (κ2) is 4.94. The molecular weight excluding hydrogens is 224 g/mol. The van der Waals surface area contributed by atoms with E-state index in [0.717, 1.165) is 6.42 Å². The van der Waals surface area contributed by atoms with Gasteiger partial charge in [0.15, 0.2) is 0 Å². The average Bonchev–Trinajstić information content (AvgIpc) is 2.97. The number of nitrogens with zero attached hydrogens (tertiary/aromatic N) is 4. The van der Waals surface area contributed by atoms with Crippen LogP contribution in [0.25, 0.3) is 0 Å². The van der Waals surface area contributed by atoms with Crippen molar-refractivity contribution >= 4 is 11.9 Å². The molecule has 0 saturated carbocycles. The normalized spacial score (nSPS) is 19.4. The first-order chi connectivity index (χ1) is 8.22. The van der Waals surface area contributed by atoms with Gasteiger partial charge in [0.25, 0.3) is 0 Å². The zero-order valence-corrected chi connectivity index (χ0v) is 9.57. The van der Waals surface area contributed by atoms with Crippen molar-refractivity contribution in [3.63, 3.8) is 0 Å². The van der Waals surface area contributed by atoms with Crippen LogP contribution in [0, 0.1) is 0 Å². The zero-order valence-electron chi connectivity index (χ0n) is 9.57. The Bertz CT molecular complexity index is 404. The Kier molecular flexibility index (Phi) is 3.36. The van der Waals surface area contributed by atoms with Gasteiger partial charge in [0.2, 0.25) is 5.91 Å². The van der Waals surface area contributed by atoms with Crippen molar-refractivity contribution in [1.29, 1.82) is 0 Å². The third-order valence-electron chi connectivity index (χ3n) is 2.82.